The summed E-state index contributed by atoms with van der Waals surface area (Å²) in [5.41, 5.74) is 5.38. The maximum Gasteiger partial charge on any atom is 0.490 e. The first-order chi connectivity index (χ1) is 22.9. The van der Waals surface area contributed by atoms with Crippen LogP contribution in [0.2, 0.25) is 0 Å². The molecular formula is C32H35BrF5N3O7S. The van der Waals surface area contributed by atoms with Crippen molar-refractivity contribution in [2.45, 2.75) is 73.7 Å². The number of aliphatic carboxylic acids is 1. The number of sulfonamides is 1. The van der Waals surface area contributed by atoms with Crippen molar-refractivity contribution < 1.29 is 54.5 Å². The van der Waals surface area contributed by atoms with Gasteiger partial charge in [-0.3, -0.25) is 4.79 Å². The highest BCUT2D eigenvalue weighted by Gasteiger charge is 2.50. The number of ether oxygens (including phenoxy) is 2. The highest BCUT2D eigenvalue weighted by atomic mass is 79.9. The molecule has 2 aliphatic rings. The fraction of sp³-hybridized carbons (Fsp3) is 0.438. The summed E-state index contributed by atoms with van der Waals surface area (Å²) in [5.74, 6) is -6.88. The van der Waals surface area contributed by atoms with E-state index in [4.69, 9.17) is 25.1 Å². The van der Waals surface area contributed by atoms with Crippen molar-refractivity contribution in [1.29, 1.82) is 0 Å². The molecule has 5 rings (SSSR count). The number of methoxy groups -OCH3 is 1. The maximum atomic E-state index is 16.2. The van der Waals surface area contributed by atoms with Crippen LogP contribution < -0.4 is 19.9 Å². The van der Waals surface area contributed by atoms with E-state index in [0.717, 1.165) is 43.2 Å². The molecule has 49 heavy (non-hydrogen) atoms. The summed E-state index contributed by atoms with van der Waals surface area (Å²) >= 11 is 3.24. The van der Waals surface area contributed by atoms with E-state index in [1.807, 2.05) is 6.07 Å². The minimum atomic E-state index is -5.08. The van der Waals surface area contributed by atoms with E-state index >= 15 is 8.78 Å². The molecule has 4 N–H and O–H groups in total. The van der Waals surface area contributed by atoms with Crippen LogP contribution in [0.4, 0.5) is 22.0 Å². The molecule has 1 atom stereocenters. The van der Waals surface area contributed by atoms with Crippen LogP contribution >= 0.6 is 15.9 Å². The third-order valence-corrected chi connectivity index (χ3v) is 10.3. The SMILES string of the molecule is COc1cc(C(F)(F)C(NS(=O)(=O)c2ccc3cc(OC4CCCC4)ccc3c2)C(=O)N2CCC(N)CC2)ccc1Br.O=C(O)C(F)(F)F. The van der Waals surface area contributed by atoms with Crippen molar-refractivity contribution in [2.24, 2.45) is 5.73 Å². The Bertz CT molecular complexity index is 1760. The van der Waals surface area contributed by atoms with Gasteiger partial charge in [0.2, 0.25) is 15.9 Å². The molecule has 10 nitrogen and oxygen atoms in total. The Labute approximate surface area is 287 Å². The first kappa shape index (κ1) is 38.3. The van der Waals surface area contributed by atoms with E-state index in [2.05, 4.69) is 20.7 Å². The van der Waals surface area contributed by atoms with E-state index in [1.54, 1.807) is 18.2 Å². The summed E-state index contributed by atoms with van der Waals surface area (Å²) < 4.78 is 105. The molecular weight excluding hydrogens is 745 g/mol. The third-order valence-electron chi connectivity index (χ3n) is 8.21. The standard InChI is InChI=1S/C30H34BrF2N3O5S.C2HF3O2/c1-40-27-18-21(8-11-26(27)31)30(32,33)28(29(37)36-14-12-22(34)13-15-36)35-42(38,39)25-10-7-19-16-24(9-6-20(19)17-25)41-23-4-2-3-5-23;3-2(4,5)1(6)7/h6-11,16-18,22-23,28,35H,2-5,12-15,34H2,1H3;(H,6,7). The molecule has 3 aromatic rings. The zero-order chi connectivity index (χ0) is 36.1. The number of hydrogen-bond donors (Lipinski definition) is 3. The number of amides is 1. The first-order valence-electron chi connectivity index (χ1n) is 15.2. The Morgan fingerprint density at radius 3 is 2.14 bits per heavy atom. The second-order valence-electron chi connectivity index (χ2n) is 11.7. The third kappa shape index (κ3) is 9.58. The van der Waals surface area contributed by atoms with Crippen molar-refractivity contribution in [1.82, 2.24) is 9.62 Å². The van der Waals surface area contributed by atoms with E-state index in [0.29, 0.717) is 28.5 Å². The largest absolute Gasteiger partial charge is 0.496 e. The van der Waals surface area contributed by atoms with Crippen LogP contribution in [0.15, 0.2) is 64.0 Å². The molecule has 17 heteroatoms. The number of fused-ring (bicyclic) bond motifs is 1. The van der Waals surface area contributed by atoms with Crippen LogP contribution in [0, 0.1) is 0 Å². The fourth-order valence-corrected chi connectivity index (χ4v) is 7.11. The Morgan fingerprint density at radius 2 is 1.55 bits per heavy atom. The zero-order valence-corrected chi connectivity index (χ0v) is 28.6. The minimum absolute atomic E-state index is 0.121. The highest BCUT2D eigenvalue weighted by molar-refractivity contribution is 9.10. The lowest BCUT2D eigenvalue weighted by Gasteiger charge is -2.35. The van der Waals surface area contributed by atoms with Gasteiger partial charge >= 0.3 is 12.1 Å². The van der Waals surface area contributed by atoms with E-state index < -0.39 is 45.6 Å². The van der Waals surface area contributed by atoms with Crippen molar-refractivity contribution in [2.75, 3.05) is 20.2 Å². The smallest absolute Gasteiger partial charge is 0.490 e. The lowest BCUT2D eigenvalue weighted by atomic mass is 9.98. The number of carbonyl (C=O) groups excluding carboxylic acids is 1. The lowest BCUT2D eigenvalue weighted by molar-refractivity contribution is -0.192. The predicted octanol–water partition coefficient (Wildman–Crippen LogP) is 5.95. The average Bonchev–Trinajstić information content (AvgIpc) is 3.56. The molecule has 2 fully saturated rings. The van der Waals surface area contributed by atoms with Gasteiger partial charge in [-0.05, 0) is 102 Å². The van der Waals surface area contributed by atoms with Gasteiger partial charge in [0.05, 0.1) is 22.6 Å². The van der Waals surface area contributed by atoms with Gasteiger partial charge in [0.25, 0.3) is 5.92 Å². The van der Waals surface area contributed by atoms with Crippen molar-refractivity contribution in [3.05, 3.63) is 64.6 Å². The van der Waals surface area contributed by atoms with Crippen LogP contribution in [-0.4, -0.2) is 74.9 Å². The Morgan fingerprint density at radius 1 is 0.959 bits per heavy atom. The molecule has 1 amide bonds. The minimum Gasteiger partial charge on any atom is -0.496 e. The van der Waals surface area contributed by atoms with Gasteiger partial charge in [-0.25, -0.2) is 13.2 Å². The summed E-state index contributed by atoms with van der Waals surface area (Å²) in [6.07, 6.45) is 0.222. The normalized spacial score (nSPS) is 16.9. The number of piperidine rings is 1. The number of carboxylic acids is 1. The first-order valence-corrected chi connectivity index (χ1v) is 17.5. The summed E-state index contributed by atoms with van der Waals surface area (Å²) in [6.45, 7) is 0.304. The molecule has 268 valence electrons. The molecule has 1 aliphatic carbocycles. The number of nitrogens with zero attached hydrogens (tertiary/aromatic N) is 1. The molecule has 1 aliphatic heterocycles. The molecule has 0 bridgehead atoms. The molecule has 1 saturated heterocycles. The number of carbonyl (C=O) groups is 2. The second-order valence-corrected chi connectivity index (χ2v) is 14.3. The van der Waals surface area contributed by atoms with Crippen LogP contribution in [0.1, 0.15) is 44.1 Å². The van der Waals surface area contributed by atoms with Crippen LogP contribution in [-0.2, 0) is 25.5 Å². The van der Waals surface area contributed by atoms with Gasteiger partial charge in [0.1, 0.15) is 11.5 Å². The Hall–Kier alpha value is -3.54. The number of likely N-dealkylation sites (tertiary alicyclic amines) is 1. The fourth-order valence-electron chi connectivity index (χ4n) is 5.48. The number of hydrogen-bond acceptors (Lipinski definition) is 7. The maximum absolute atomic E-state index is 16.2. The molecule has 0 radical (unpaired) electrons. The average molecular weight is 781 g/mol. The van der Waals surface area contributed by atoms with Crippen molar-refractivity contribution >= 4 is 48.6 Å². The van der Waals surface area contributed by atoms with Gasteiger partial charge < -0.3 is 25.2 Å². The van der Waals surface area contributed by atoms with E-state index in [-0.39, 0.29) is 35.9 Å². The second kappa shape index (κ2) is 15.6. The summed E-state index contributed by atoms with van der Waals surface area (Å²) in [6, 6.07) is 10.7. The van der Waals surface area contributed by atoms with Crippen LogP contribution in [0.5, 0.6) is 11.5 Å². The summed E-state index contributed by atoms with van der Waals surface area (Å²) in [7, 11) is -3.24. The molecule has 0 spiro atoms. The van der Waals surface area contributed by atoms with Gasteiger partial charge in [-0.15, -0.1) is 0 Å². The highest BCUT2D eigenvalue weighted by Crippen LogP contribution is 2.38. The summed E-state index contributed by atoms with van der Waals surface area (Å²) in [4.78, 5) is 23.5. The number of halogens is 6. The predicted molar refractivity (Wildman–Crippen MR) is 173 cm³/mol. The van der Waals surface area contributed by atoms with E-state index in [9.17, 15) is 26.4 Å². The molecule has 1 saturated carbocycles. The number of nitrogens with one attached hydrogen (secondary N) is 1. The van der Waals surface area contributed by atoms with Crippen LogP contribution in [0.25, 0.3) is 10.8 Å². The Balaban J connectivity index is 0.000000698. The quantitative estimate of drug-likeness (QED) is 0.226. The Kier molecular flexibility index (Phi) is 12.2. The zero-order valence-electron chi connectivity index (χ0n) is 26.2. The number of rotatable bonds is 9. The topological polar surface area (TPSA) is 148 Å². The van der Waals surface area contributed by atoms with Gasteiger partial charge in [-0.1, -0.05) is 18.2 Å². The number of carboxylic acid groups (broad SMARTS) is 1. The van der Waals surface area contributed by atoms with Gasteiger partial charge in [0.15, 0.2) is 6.04 Å². The summed E-state index contributed by atoms with van der Waals surface area (Å²) in [5, 5.41) is 8.46. The van der Waals surface area contributed by atoms with E-state index in [1.165, 1.54) is 30.2 Å². The van der Waals surface area contributed by atoms with Gasteiger partial charge in [0, 0.05) is 24.7 Å². The number of nitrogens with two attached hydrogens (primary N) is 1. The van der Waals surface area contributed by atoms with Gasteiger partial charge in [-0.2, -0.15) is 26.7 Å². The molecule has 1 unspecified atom stereocenters. The number of benzene rings is 3. The van der Waals surface area contributed by atoms with Crippen molar-refractivity contribution in [3.8, 4) is 11.5 Å². The molecule has 0 aromatic heterocycles. The lowest BCUT2D eigenvalue weighted by Crippen LogP contribution is -2.58. The monoisotopic (exact) mass is 779 g/mol. The number of alkyl halides is 5. The molecule has 1 heterocycles. The van der Waals surface area contributed by atoms with Crippen molar-refractivity contribution in [3.63, 3.8) is 0 Å². The van der Waals surface area contributed by atoms with Crippen LogP contribution in [0.3, 0.4) is 0 Å². The molecule has 3 aromatic carbocycles.